The number of halogens is 1. The lowest BCUT2D eigenvalue weighted by Crippen LogP contribution is -2.32. The van der Waals surface area contributed by atoms with Crippen LogP contribution in [-0.2, 0) is 10.0 Å². The van der Waals surface area contributed by atoms with E-state index in [0.29, 0.717) is 17.5 Å². The highest BCUT2D eigenvalue weighted by molar-refractivity contribution is 7.89. The molecule has 0 radical (unpaired) electrons. The molecule has 0 spiro atoms. The first-order valence-corrected chi connectivity index (χ1v) is 9.90. The van der Waals surface area contributed by atoms with Crippen LogP contribution in [0, 0.1) is 5.82 Å². The SMILES string of the molecule is CC[C@@H](C)NS(=O)(=O)c1ccc(C(=O)N[C@@H](C)c2ccccc2F)cc1. The van der Waals surface area contributed by atoms with Gasteiger partial charge in [-0.15, -0.1) is 0 Å². The molecule has 2 rings (SSSR count). The molecule has 0 saturated carbocycles. The fourth-order valence-electron chi connectivity index (χ4n) is 2.39. The van der Waals surface area contributed by atoms with Crippen molar-refractivity contribution in [2.75, 3.05) is 0 Å². The van der Waals surface area contributed by atoms with E-state index in [4.69, 9.17) is 0 Å². The highest BCUT2D eigenvalue weighted by atomic mass is 32.2. The lowest BCUT2D eigenvalue weighted by Gasteiger charge is -2.15. The number of hydrogen-bond donors (Lipinski definition) is 2. The molecular weight excluding hydrogens is 355 g/mol. The van der Waals surface area contributed by atoms with Crippen molar-refractivity contribution in [1.29, 1.82) is 0 Å². The molecular formula is C19H23FN2O3S. The Bertz CT molecular complexity index is 867. The molecule has 140 valence electrons. The fourth-order valence-corrected chi connectivity index (χ4v) is 3.71. The number of nitrogens with one attached hydrogen (secondary N) is 2. The zero-order chi connectivity index (χ0) is 19.3. The van der Waals surface area contributed by atoms with Crippen molar-refractivity contribution in [3.8, 4) is 0 Å². The van der Waals surface area contributed by atoms with Crippen molar-refractivity contribution in [1.82, 2.24) is 10.0 Å². The van der Waals surface area contributed by atoms with Gasteiger partial charge in [0.15, 0.2) is 0 Å². The van der Waals surface area contributed by atoms with Gasteiger partial charge in [0, 0.05) is 17.2 Å². The number of amides is 1. The van der Waals surface area contributed by atoms with Gasteiger partial charge in [0.1, 0.15) is 5.82 Å². The summed E-state index contributed by atoms with van der Waals surface area (Å²) in [4.78, 5) is 12.4. The van der Waals surface area contributed by atoms with Crippen LogP contribution in [0.1, 0.15) is 49.2 Å². The molecule has 0 aromatic heterocycles. The van der Waals surface area contributed by atoms with Crippen LogP contribution in [0.5, 0.6) is 0 Å². The molecule has 0 heterocycles. The number of sulfonamides is 1. The van der Waals surface area contributed by atoms with Crippen LogP contribution in [0.15, 0.2) is 53.4 Å². The Kier molecular flexibility index (Phi) is 6.50. The van der Waals surface area contributed by atoms with Crippen molar-refractivity contribution in [3.05, 3.63) is 65.5 Å². The lowest BCUT2D eigenvalue weighted by molar-refractivity contribution is 0.0939. The second-order valence-electron chi connectivity index (χ2n) is 6.17. The number of benzene rings is 2. The van der Waals surface area contributed by atoms with Crippen LogP contribution in [0.4, 0.5) is 4.39 Å². The van der Waals surface area contributed by atoms with Gasteiger partial charge < -0.3 is 5.32 Å². The summed E-state index contributed by atoms with van der Waals surface area (Å²) in [5.41, 5.74) is 0.688. The summed E-state index contributed by atoms with van der Waals surface area (Å²) in [5, 5.41) is 2.71. The molecule has 2 atom stereocenters. The van der Waals surface area contributed by atoms with Gasteiger partial charge in [0.25, 0.3) is 5.91 Å². The molecule has 0 unspecified atom stereocenters. The number of carbonyl (C=O) groups is 1. The first kappa shape index (κ1) is 20.1. The zero-order valence-corrected chi connectivity index (χ0v) is 15.8. The van der Waals surface area contributed by atoms with E-state index in [-0.39, 0.29) is 10.9 Å². The van der Waals surface area contributed by atoms with E-state index in [1.165, 1.54) is 30.3 Å². The van der Waals surface area contributed by atoms with Crippen molar-refractivity contribution < 1.29 is 17.6 Å². The van der Waals surface area contributed by atoms with Gasteiger partial charge in [0.05, 0.1) is 10.9 Å². The molecule has 0 saturated heterocycles. The maximum atomic E-state index is 13.8. The second-order valence-corrected chi connectivity index (χ2v) is 7.89. The van der Waals surface area contributed by atoms with Crippen LogP contribution >= 0.6 is 0 Å². The standard InChI is InChI=1S/C19H23FN2O3S/c1-4-13(2)22-26(24,25)16-11-9-15(10-12-16)19(23)21-14(3)17-7-5-6-8-18(17)20/h5-14,22H,4H2,1-3H3,(H,21,23)/t13-,14+/m1/s1. The Balaban J connectivity index is 2.10. The van der Waals surface area contributed by atoms with Crippen molar-refractivity contribution in [2.45, 2.75) is 44.2 Å². The summed E-state index contributed by atoms with van der Waals surface area (Å²) >= 11 is 0. The van der Waals surface area contributed by atoms with Gasteiger partial charge in [0.2, 0.25) is 10.0 Å². The minimum Gasteiger partial charge on any atom is -0.345 e. The van der Waals surface area contributed by atoms with E-state index in [1.54, 1.807) is 32.0 Å². The van der Waals surface area contributed by atoms with Gasteiger partial charge in [-0.25, -0.2) is 17.5 Å². The maximum absolute atomic E-state index is 13.8. The fraction of sp³-hybridized carbons (Fsp3) is 0.316. The third-order valence-corrected chi connectivity index (χ3v) is 5.72. The predicted molar refractivity (Wildman–Crippen MR) is 98.8 cm³/mol. The van der Waals surface area contributed by atoms with E-state index < -0.39 is 27.8 Å². The normalized spacial score (nSPS) is 13.8. The van der Waals surface area contributed by atoms with Crippen molar-refractivity contribution >= 4 is 15.9 Å². The molecule has 2 aromatic carbocycles. The van der Waals surface area contributed by atoms with Crippen LogP contribution in [0.2, 0.25) is 0 Å². The Morgan fingerprint density at radius 1 is 1.08 bits per heavy atom. The van der Waals surface area contributed by atoms with Gasteiger partial charge in [-0.3, -0.25) is 4.79 Å². The quantitative estimate of drug-likeness (QED) is 0.775. The van der Waals surface area contributed by atoms with Crippen LogP contribution in [0.3, 0.4) is 0 Å². The molecule has 5 nitrogen and oxygen atoms in total. The average Bonchev–Trinajstić information content (AvgIpc) is 2.61. The summed E-state index contributed by atoms with van der Waals surface area (Å²) in [7, 11) is -3.62. The molecule has 2 aromatic rings. The molecule has 0 aliphatic carbocycles. The summed E-state index contributed by atoms with van der Waals surface area (Å²) in [6.07, 6.45) is 0.674. The average molecular weight is 378 g/mol. The molecule has 2 N–H and O–H groups in total. The van der Waals surface area contributed by atoms with Gasteiger partial charge in [-0.1, -0.05) is 25.1 Å². The smallest absolute Gasteiger partial charge is 0.251 e. The summed E-state index contributed by atoms with van der Waals surface area (Å²) in [6, 6.07) is 11.2. The first-order valence-electron chi connectivity index (χ1n) is 8.42. The molecule has 1 amide bonds. The number of hydrogen-bond acceptors (Lipinski definition) is 3. The molecule has 7 heteroatoms. The Hall–Kier alpha value is -2.25. The topological polar surface area (TPSA) is 75.3 Å². The largest absolute Gasteiger partial charge is 0.345 e. The van der Waals surface area contributed by atoms with E-state index >= 15 is 0 Å². The minimum absolute atomic E-state index is 0.0940. The highest BCUT2D eigenvalue weighted by Gasteiger charge is 2.18. The molecule has 26 heavy (non-hydrogen) atoms. The third kappa shape index (κ3) is 4.89. The van der Waals surface area contributed by atoms with E-state index in [0.717, 1.165) is 0 Å². The van der Waals surface area contributed by atoms with Crippen LogP contribution < -0.4 is 10.0 Å². The van der Waals surface area contributed by atoms with Gasteiger partial charge >= 0.3 is 0 Å². The van der Waals surface area contributed by atoms with E-state index in [2.05, 4.69) is 10.0 Å². The van der Waals surface area contributed by atoms with Crippen LogP contribution in [-0.4, -0.2) is 20.4 Å². The number of rotatable bonds is 7. The number of carbonyl (C=O) groups excluding carboxylic acids is 1. The van der Waals surface area contributed by atoms with E-state index in [1.807, 2.05) is 6.92 Å². The second kappa shape index (κ2) is 8.42. The van der Waals surface area contributed by atoms with E-state index in [9.17, 15) is 17.6 Å². The van der Waals surface area contributed by atoms with Gasteiger partial charge in [-0.05, 0) is 50.6 Å². The third-order valence-electron chi connectivity index (χ3n) is 4.11. The Morgan fingerprint density at radius 3 is 2.27 bits per heavy atom. The Labute approximate surface area is 153 Å². The van der Waals surface area contributed by atoms with Gasteiger partial charge in [-0.2, -0.15) is 0 Å². The maximum Gasteiger partial charge on any atom is 0.251 e. The zero-order valence-electron chi connectivity index (χ0n) is 15.0. The lowest BCUT2D eigenvalue weighted by atomic mass is 10.1. The highest BCUT2D eigenvalue weighted by Crippen LogP contribution is 2.17. The first-order chi connectivity index (χ1) is 12.2. The summed E-state index contributed by atoms with van der Waals surface area (Å²) in [6.45, 7) is 5.35. The minimum atomic E-state index is -3.62. The molecule has 0 aliphatic heterocycles. The van der Waals surface area contributed by atoms with Crippen molar-refractivity contribution in [3.63, 3.8) is 0 Å². The van der Waals surface area contributed by atoms with Crippen molar-refractivity contribution in [2.24, 2.45) is 0 Å². The molecule has 0 fully saturated rings. The summed E-state index contributed by atoms with van der Waals surface area (Å²) in [5.74, 6) is -0.794. The summed E-state index contributed by atoms with van der Waals surface area (Å²) < 4.78 is 40.8. The molecule has 0 aliphatic rings. The Morgan fingerprint density at radius 2 is 1.69 bits per heavy atom. The monoisotopic (exact) mass is 378 g/mol. The molecule has 0 bridgehead atoms. The predicted octanol–water partition coefficient (Wildman–Crippen LogP) is 3.39. The van der Waals surface area contributed by atoms with Crippen LogP contribution in [0.25, 0.3) is 0 Å².